The molecule has 2 heterocycles. The van der Waals surface area contributed by atoms with E-state index >= 15 is 0 Å². The van der Waals surface area contributed by atoms with Crippen LogP contribution in [0.1, 0.15) is 30.4 Å². The molecule has 0 unspecified atom stereocenters. The van der Waals surface area contributed by atoms with Gasteiger partial charge in [0.15, 0.2) is 0 Å². The van der Waals surface area contributed by atoms with E-state index in [1.807, 2.05) is 0 Å². The molecule has 3 rings (SSSR count). The van der Waals surface area contributed by atoms with Crippen LogP contribution < -0.4 is 0 Å². The van der Waals surface area contributed by atoms with Gasteiger partial charge in [-0.2, -0.15) is 13.2 Å². The molecule has 0 spiro atoms. The van der Waals surface area contributed by atoms with Gasteiger partial charge in [0.25, 0.3) is 0 Å². The van der Waals surface area contributed by atoms with Crippen LogP contribution in [0.4, 0.5) is 13.2 Å². The molecule has 1 N–H and O–H groups in total. The zero-order valence-corrected chi connectivity index (χ0v) is 13.1. The number of aliphatic hydroxyl groups excluding tert-OH is 1. The van der Waals surface area contributed by atoms with Crippen LogP contribution in [0.2, 0.25) is 0 Å². The summed E-state index contributed by atoms with van der Waals surface area (Å²) in [7, 11) is 0. The van der Waals surface area contributed by atoms with Crippen LogP contribution in [0.25, 0.3) is 0 Å². The maximum Gasteiger partial charge on any atom is 0.416 e. The van der Waals surface area contributed by atoms with Gasteiger partial charge in [0, 0.05) is 38.3 Å². The van der Waals surface area contributed by atoms with Gasteiger partial charge in [-0.1, -0.05) is 18.2 Å². The second-order valence-electron chi connectivity index (χ2n) is 6.54. The van der Waals surface area contributed by atoms with E-state index in [-0.39, 0.29) is 12.6 Å². The molecule has 3 nitrogen and oxygen atoms in total. The summed E-state index contributed by atoms with van der Waals surface area (Å²) in [5, 5.41) is 9.30. The predicted molar refractivity (Wildman–Crippen MR) is 81.9 cm³/mol. The molecule has 128 valence electrons. The van der Waals surface area contributed by atoms with Crippen LogP contribution in [0.15, 0.2) is 24.3 Å². The van der Waals surface area contributed by atoms with Crippen molar-refractivity contribution in [3.63, 3.8) is 0 Å². The monoisotopic (exact) mass is 328 g/mol. The van der Waals surface area contributed by atoms with E-state index in [9.17, 15) is 18.3 Å². The average molecular weight is 328 g/mol. The first-order chi connectivity index (χ1) is 11.0. The summed E-state index contributed by atoms with van der Waals surface area (Å²) >= 11 is 0. The smallest absolute Gasteiger partial charge is 0.396 e. The fraction of sp³-hybridized carbons (Fsp3) is 0.647. The van der Waals surface area contributed by atoms with Crippen LogP contribution >= 0.6 is 0 Å². The second kappa shape index (κ2) is 6.79. The van der Waals surface area contributed by atoms with E-state index in [1.165, 1.54) is 6.07 Å². The molecule has 2 atom stereocenters. The molecule has 1 aromatic rings. The highest BCUT2D eigenvalue weighted by atomic mass is 19.4. The second-order valence-corrected chi connectivity index (χ2v) is 6.54. The summed E-state index contributed by atoms with van der Waals surface area (Å²) in [6, 6.07) is 6.39. The molecule has 2 aliphatic rings. The summed E-state index contributed by atoms with van der Waals surface area (Å²) in [5.41, 5.74) is -0.217. The highest BCUT2D eigenvalue weighted by Crippen LogP contribution is 2.34. The Balaban J connectivity index is 1.80. The third-order valence-electron chi connectivity index (χ3n) is 5.06. The number of rotatable bonds is 4. The Labute approximate surface area is 134 Å². The van der Waals surface area contributed by atoms with Crippen molar-refractivity contribution in [2.75, 3.05) is 26.2 Å². The van der Waals surface area contributed by atoms with E-state index in [2.05, 4.69) is 9.80 Å². The van der Waals surface area contributed by atoms with E-state index < -0.39 is 11.7 Å². The number of benzene rings is 1. The molecule has 0 bridgehead atoms. The quantitative estimate of drug-likeness (QED) is 0.921. The zero-order chi connectivity index (χ0) is 16.4. The summed E-state index contributed by atoms with van der Waals surface area (Å²) in [6.45, 7) is 3.07. The van der Waals surface area contributed by atoms with Crippen LogP contribution in [0.5, 0.6) is 0 Å². The molecule has 2 aliphatic heterocycles. The number of piperazine rings is 1. The maximum atomic E-state index is 13.2. The molecule has 2 fully saturated rings. The third-order valence-corrected chi connectivity index (χ3v) is 5.06. The van der Waals surface area contributed by atoms with Gasteiger partial charge in [-0.15, -0.1) is 0 Å². The SMILES string of the molecule is OCC[C@H]1CN2CCC[C@H]2CN1Cc1ccccc1C(F)(F)F. The van der Waals surface area contributed by atoms with Crippen molar-refractivity contribution in [3.8, 4) is 0 Å². The van der Waals surface area contributed by atoms with Crippen LogP contribution in [0.3, 0.4) is 0 Å². The van der Waals surface area contributed by atoms with Crippen molar-refractivity contribution in [1.29, 1.82) is 0 Å². The van der Waals surface area contributed by atoms with Crippen LogP contribution in [-0.2, 0) is 12.7 Å². The lowest BCUT2D eigenvalue weighted by molar-refractivity contribution is -0.138. The highest BCUT2D eigenvalue weighted by molar-refractivity contribution is 5.29. The summed E-state index contributed by atoms with van der Waals surface area (Å²) in [5.74, 6) is 0. The van der Waals surface area contributed by atoms with Gasteiger partial charge in [-0.3, -0.25) is 9.80 Å². The number of halogens is 3. The Hall–Kier alpha value is -1.11. The highest BCUT2D eigenvalue weighted by Gasteiger charge is 2.38. The van der Waals surface area contributed by atoms with Crippen molar-refractivity contribution < 1.29 is 18.3 Å². The van der Waals surface area contributed by atoms with E-state index in [0.29, 0.717) is 24.6 Å². The Kier molecular flexibility index (Phi) is 4.94. The number of aliphatic hydroxyl groups is 1. The molecule has 0 aliphatic carbocycles. The number of hydrogen-bond acceptors (Lipinski definition) is 3. The lowest BCUT2D eigenvalue weighted by Gasteiger charge is -2.44. The van der Waals surface area contributed by atoms with Crippen molar-refractivity contribution in [3.05, 3.63) is 35.4 Å². The van der Waals surface area contributed by atoms with Crippen molar-refractivity contribution in [1.82, 2.24) is 9.80 Å². The van der Waals surface area contributed by atoms with Gasteiger partial charge < -0.3 is 5.11 Å². The Morgan fingerprint density at radius 2 is 1.96 bits per heavy atom. The van der Waals surface area contributed by atoms with Gasteiger partial charge in [-0.05, 0) is 37.4 Å². The van der Waals surface area contributed by atoms with Gasteiger partial charge in [0.2, 0.25) is 0 Å². The van der Waals surface area contributed by atoms with E-state index in [1.54, 1.807) is 12.1 Å². The van der Waals surface area contributed by atoms with Gasteiger partial charge in [-0.25, -0.2) is 0 Å². The zero-order valence-electron chi connectivity index (χ0n) is 13.1. The normalized spacial score (nSPS) is 26.4. The van der Waals surface area contributed by atoms with E-state index in [4.69, 9.17) is 0 Å². The first kappa shape index (κ1) is 16.7. The maximum absolute atomic E-state index is 13.2. The van der Waals surface area contributed by atoms with Crippen LogP contribution in [-0.4, -0.2) is 53.2 Å². The number of fused-ring (bicyclic) bond motifs is 1. The Bertz CT molecular complexity index is 535. The first-order valence-electron chi connectivity index (χ1n) is 8.23. The third kappa shape index (κ3) is 3.70. The molecule has 1 aromatic carbocycles. The Morgan fingerprint density at radius 1 is 1.17 bits per heavy atom. The topological polar surface area (TPSA) is 26.7 Å². The molecule has 2 saturated heterocycles. The molecule has 0 saturated carbocycles. The van der Waals surface area contributed by atoms with Crippen molar-refractivity contribution in [2.24, 2.45) is 0 Å². The molecule has 6 heteroatoms. The molecule has 23 heavy (non-hydrogen) atoms. The minimum Gasteiger partial charge on any atom is -0.396 e. The lowest BCUT2D eigenvalue weighted by Crippen LogP contribution is -2.55. The fourth-order valence-electron chi connectivity index (χ4n) is 3.92. The standard InChI is InChI=1S/C17H23F3N2O/c18-17(19,20)16-6-2-1-4-13(16)10-22-12-14-5-3-8-21(14)11-15(22)7-9-23/h1-2,4,6,14-15,23H,3,5,7-12H2/t14-,15-/m0/s1. The van der Waals surface area contributed by atoms with Crippen molar-refractivity contribution in [2.45, 2.75) is 44.1 Å². The molecular formula is C17H23F3N2O. The Morgan fingerprint density at radius 3 is 2.70 bits per heavy atom. The molecule has 0 radical (unpaired) electrons. The van der Waals surface area contributed by atoms with Gasteiger partial charge in [0.1, 0.15) is 0 Å². The first-order valence-corrected chi connectivity index (χ1v) is 8.23. The van der Waals surface area contributed by atoms with Crippen molar-refractivity contribution >= 4 is 0 Å². The number of nitrogens with zero attached hydrogens (tertiary/aromatic N) is 2. The largest absolute Gasteiger partial charge is 0.416 e. The summed E-state index contributed by atoms with van der Waals surface area (Å²) in [6.07, 6.45) is -1.44. The van der Waals surface area contributed by atoms with E-state index in [0.717, 1.165) is 38.5 Å². The summed E-state index contributed by atoms with van der Waals surface area (Å²) < 4.78 is 39.6. The minimum absolute atomic E-state index is 0.0700. The molecule has 0 amide bonds. The molecular weight excluding hydrogens is 305 g/mol. The number of hydrogen-bond donors (Lipinski definition) is 1. The fourth-order valence-corrected chi connectivity index (χ4v) is 3.92. The van der Waals surface area contributed by atoms with Gasteiger partial charge >= 0.3 is 6.18 Å². The number of alkyl halides is 3. The summed E-state index contributed by atoms with van der Waals surface area (Å²) in [4.78, 5) is 4.56. The lowest BCUT2D eigenvalue weighted by atomic mass is 10.0. The molecule has 0 aromatic heterocycles. The predicted octanol–water partition coefficient (Wildman–Crippen LogP) is 2.74. The van der Waals surface area contributed by atoms with Gasteiger partial charge in [0.05, 0.1) is 5.56 Å². The van der Waals surface area contributed by atoms with Crippen LogP contribution in [0, 0.1) is 0 Å². The minimum atomic E-state index is -4.32. The average Bonchev–Trinajstić information content (AvgIpc) is 2.94.